The van der Waals surface area contributed by atoms with Crippen molar-refractivity contribution in [3.05, 3.63) is 29.7 Å². The molecular weight excluding hydrogens is 216 g/mol. The highest BCUT2D eigenvalue weighted by Crippen LogP contribution is 2.08. The van der Waals surface area contributed by atoms with E-state index in [4.69, 9.17) is 0 Å². The van der Waals surface area contributed by atoms with Gasteiger partial charge in [0.2, 0.25) is 0 Å². The topological polar surface area (TPSA) is 59.3 Å². The first kappa shape index (κ1) is 11.6. The summed E-state index contributed by atoms with van der Waals surface area (Å²) in [4.78, 5) is 16.2. The number of carbonyl (C=O) groups excluding carboxylic acids is 1. The van der Waals surface area contributed by atoms with Gasteiger partial charge in [-0.25, -0.2) is 9.50 Å². The van der Waals surface area contributed by atoms with E-state index >= 15 is 0 Å². The number of aromatic nitrogens is 3. The number of nitrogens with one attached hydrogen (secondary N) is 1. The second-order valence-electron chi connectivity index (χ2n) is 5.09. The first-order valence-corrected chi connectivity index (χ1v) is 5.51. The van der Waals surface area contributed by atoms with Crippen molar-refractivity contribution in [3.63, 3.8) is 0 Å². The van der Waals surface area contributed by atoms with Crippen LogP contribution in [0.3, 0.4) is 0 Å². The van der Waals surface area contributed by atoms with Crippen LogP contribution in [0.1, 0.15) is 37.0 Å². The van der Waals surface area contributed by atoms with Gasteiger partial charge in [-0.15, -0.1) is 0 Å². The lowest BCUT2D eigenvalue weighted by Gasteiger charge is -2.20. The van der Waals surface area contributed by atoms with Gasteiger partial charge in [0.05, 0.1) is 5.69 Å². The largest absolute Gasteiger partial charge is 0.346 e. The number of hydrogen-bond acceptors (Lipinski definition) is 3. The third-order valence-electron chi connectivity index (χ3n) is 2.20. The maximum Gasteiger partial charge on any atom is 0.270 e. The Morgan fingerprint density at radius 2 is 2.12 bits per heavy atom. The molecule has 17 heavy (non-hydrogen) atoms. The molecular formula is C12H16N4O. The van der Waals surface area contributed by atoms with Crippen molar-refractivity contribution >= 4 is 11.6 Å². The Labute approximate surface area is 99.9 Å². The van der Waals surface area contributed by atoms with Crippen molar-refractivity contribution < 1.29 is 4.79 Å². The molecule has 0 atom stereocenters. The lowest BCUT2D eigenvalue weighted by molar-refractivity contribution is 0.0911. The molecule has 2 heterocycles. The van der Waals surface area contributed by atoms with E-state index in [1.165, 1.54) is 0 Å². The van der Waals surface area contributed by atoms with Gasteiger partial charge in [0, 0.05) is 17.8 Å². The van der Waals surface area contributed by atoms with Crippen LogP contribution in [0.2, 0.25) is 0 Å². The minimum atomic E-state index is -0.269. The van der Waals surface area contributed by atoms with Crippen molar-refractivity contribution in [3.8, 4) is 0 Å². The Kier molecular flexibility index (Phi) is 2.61. The predicted octanol–water partition coefficient (Wildman–Crippen LogP) is 1.57. The summed E-state index contributed by atoms with van der Waals surface area (Å²) >= 11 is 0. The van der Waals surface area contributed by atoms with Gasteiger partial charge in [0.25, 0.3) is 5.91 Å². The third-order valence-corrected chi connectivity index (χ3v) is 2.20. The Hall–Kier alpha value is -1.91. The summed E-state index contributed by atoms with van der Waals surface area (Å²) < 4.78 is 1.57. The summed E-state index contributed by atoms with van der Waals surface area (Å²) in [6.07, 6.45) is 1.62. The zero-order valence-electron chi connectivity index (χ0n) is 10.5. The minimum absolute atomic E-state index is 0.145. The molecule has 2 aromatic heterocycles. The van der Waals surface area contributed by atoms with E-state index in [-0.39, 0.29) is 11.4 Å². The summed E-state index contributed by atoms with van der Waals surface area (Å²) in [6, 6.07) is 3.51. The standard InChI is InChI=1S/C12H16N4O/c1-8-7-10-13-6-5-9(16(10)15-8)11(17)14-12(2,3)4/h5-7H,1-4H3,(H,14,17). The molecule has 90 valence electrons. The second kappa shape index (κ2) is 3.84. The Morgan fingerprint density at radius 1 is 1.41 bits per heavy atom. The minimum Gasteiger partial charge on any atom is -0.346 e. The molecule has 2 rings (SSSR count). The van der Waals surface area contributed by atoms with Crippen LogP contribution in [0.15, 0.2) is 18.3 Å². The molecule has 5 heteroatoms. The van der Waals surface area contributed by atoms with Gasteiger partial charge in [-0.2, -0.15) is 5.10 Å². The van der Waals surface area contributed by atoms with E-state index in [2.05, 4.69) is 15.4 Å². The summed E-state index contributed by atoms with van der Waals surface area (Å²) in [6.45, 7) is 7.70. The van der Waals surface area contributed by atoms with Crippen LogP contribution in [0.5, 0.6) is 0 Å². The van der Waals surface area contributed by atoms with Gasteiger partial charge in [0.15, 0.2) is 5.65 Å². The molecule has 0 aromatic carbocycles. The number of amides is 1. The fourth-order valence-corrected chi connectivity index (χ4v) is 1.59. The maximum absolute atomic E-state index is 12.1. The van der Waals surface area contributed by atoms with Crippen LogP contribution in [-0.2, 0) is 0 Å². The molecule has 0 saturated heterocycles. The molecule has 0 radical (unpaired) electrons. The van der Waals surface area contributed by atoms with Crippen molar-refractivity contribution in [2.75, 3.05) is 0 Å². The number of hydrogen-bond donors (Lipinski definition) is 1. The third kappa shape index (κ3) is 2.43. The van der Waals surface area contributed by atoms with Gasteiger partial charge in [-0.1, -0.05) is 0 Å². The highest BCUT2D eigenvalue weighted by Gasteiger charge is 2.18. The lowest BCUT2D eigenvalue weighted by atomic mass is 10.1. The molecule has 0 aliphatic carbocycles. The van der Waals surface area contributed by atoms with Gasteiger partial charge in [-0.05, 0) is 33.8 Å². The summed E-state index contributed by atoms with van der Waals surface area (Å²) in [5.74, 6) is -0.145. The molecule has 0 saturated carbocycles. The zero-order valence-corrected chi connectivity index (χ0v) is 10.5. The normalized spacial score (nSPS) is 11.8. The van der Waals surface area contributed by atoms with E-state index in [0.29, 0.717) is 11.3 Å². The average Bonchev–Trinajstić information content (AvgIpc) is 2.54. The monoisotopic (exact) mass is 232 g/mol. The maximum atomic E-state index is 12.1. The number of nitrogens with zero attached hydrogens (tertiary/aromatic N) is 3. The zero-order chi connectivity index (χ0) is 12.6. The Morgan fingerprint density at radius 3 is 2.76 bits per heavy atom. The summed E-state index contributed by atoms with van der Waals surface area (Å²) in [5.41, 5.74) is 1.75. The van der Waals surface area contributed by atoms with Crippen molar-refractivity contribution in [1.82, 2.24) is 19.9 Å². The summed E-state index contributed by atoms with van der Waals surface area (Å²) in [5, 5.41) is 7.17. The first-order chi connectivity index (χ1) is 7.87. The van der Waals surface area contributed by atoms with Crippen molar-refractivity contribution in [1.29, 1.82) is 0 Å². The molecule has 1 amide bonds. The average molecular weight is 232 g/mol. The van der Waals surface area contributed by atoms with E-state index in [9.17, 15) is 4.79 Å². The molecule has 0 fully saturated rings. The molecule has 0 unspecified atom stereocenters. The lowest BCUT2D eigenvalue weighted by Crippen LogP contribution is -2.41. The fraction of sp³-hybridized carbons (Fsp3) is 0.417. The van der Waals surface area contributed by atoms with Gasteiger partial charge in [0.1, 0.15) is 5.69 Å². The number of fused-ring (bicyclic) bond motifs is 1. The van der Waals surface area contributed by atoms with Crippen LogP contribution in [-0.4, -0.2) is 26.0 Å². The van der Waals surface area contributed by atoms with E-state index < -0.39 is 0 Å². The molecule has 0 bridgehead atoms. The van der Waals surface area contributed by atoms with Crippen LogP contribution in [0.4, 0.5) is 0 Å². The van der Waals surface area contributed by atoms with Crippen LogP contribution >= 0.6 is 0 Å². The van der Waals surface area contributed by atoms with Crippen molar-refractivity contribution in [2.45, 2.75) is 33.2 Å². The number of rotatable bonds is 1. The smallest absolute Gasteiger partial charge is 0.270 e. The molecule has 5 nitrogen and oxygen atoms in total. The molecule has 1 N–H and O–H groups in total. The highest BCUT2D eigenvalue weighted by molar-refractivity contribution is 5.93. The van der Waals surface area contributed by atoms with Gasteiger partial charge < -0.3 is 5.32 Å². The fourth-order valence-electron chi connectivity index (χ4n) is 1.59. The molecule has 0 spiro atoms. The summed E-state index contributed by atoms with van der Waals surface area (Å²) in [7, 11) is 0. The van der Waals surface area contributed by atoms with Gasteiger partial charge >= 0.3 is 0 Å². The molecule has 0 aliphatic rings. The SMILES string of the molecule is Cc1cc2nccc(C(=O)NC(C)(C)C)n2n1. The van der Waals surface area contributed by atoms with Crippen molar-refractivity contribution in [2.24, 2.45) is 0 Å². The van der Waals surface area contributed by atoms with Crippen LogP contribution in [0.25, 0.3) is 5.65 Å². The quantitative estimate of drug-likeness (QED) is 0.811. The first-order valence-electron chi connectivity index (χ1n) is 5.51. The van der Waals surface area contributed by atoms with E-state index in [1.807, 2.05) is 33.8 Å². The Bertz CT molecular complexity index is 565. The Balaban J connectivity index is 2.45. The highest BCUT2D eigenvalue weighted by atomic mass is 16.2. The predicted molar refractivity (Wildman–Crippen MR) is 64.9 cm³/mol. The molecule has 2 aromatic rings. The number of aryl methyl sites for hydroxylation is 1. The van der Waals surface area contributed by atoms with Gasteiger partial charge in [-0.3, -0.25) is 4.79 Å². The van der Waals surface area contributed by atoms with E-state index in [1.54, 1.807) is 16.8 Å². The van der Waals surface area contributed by atoms with Crippen LogP contribution in [0, 0.1) is 6.92 Å². The number of carbonyl (C=O) groups is 1. The van der Waals surface area contributed by atoms with E-state index in [0.717, 1.165) is 5.69 Å². The van der Waals surface area contributed by atoms with Crippen LogP contribution < -0.4 is 5.32 Å². The second-order valence-corrected chi connectivity index (χ2v) is 5.09. The molecule has 0 aliphatic heterocycles.